The lowest BCUT2D eigenvalue weighted by Crippen LogP contribution is -2.28. The lowest BCUT2D eigenvalue weighted by molar-refractivity contribution is 0.0913. The van der Waals surface area contributed by atoms with Gasteiger partial charge in [-0.2, -0.15) is 5.10 Å². The van der Waals surface area contributed by atoms with Crippen LogP contribution in [-0.2, 0) is 4.74 Å². The van der Waals surface area contributed by atoms with Crippen LogP contribution in [0.3, 0.4) is 0 Å². The topological polar surface area (TPSA) is 79.9 Å². The zero-order valence-electron chi connectivity index (χ0n) is 7.41. The summed E-state index contributed by atoms with van der Waals surface area (Å²) in [7, 11) is 0. The maximum atomic E-state index is 11.2. The molecule has 1 aromatic rings. The number of ether oxygens (including phenoxy) is 1. The van der Waals surface area contributed by atoms with Crippen LogP contribution in [0.5, 0.6) is 0 Å². The van der Waals surface area contributed by atoms with Crippen LogP contribution in [0.25, 0.3) is 0 Å². The molecule has 1 rings (SSSR count). The van der Waals surface area contributed by atoms with E-state index < -0.39 is 0 Å². The van der Waals surface area contributed by atoms with Gasteiger partial charge in [-0.05, 0) is 6.92 Å². The number of carbonyl (C=O) groups excluding carboxylic acids is 1. The monoisotopic (exact) mass is 184 g/mol. The molecule has 72 valence electrons. The number of aromatic nitrogens is 3. The third-order valence-corrected chi connectivity index (χ3v) is 1.37. The van der Waals surface area contributed by atoms with Gasteiger partial charge >= 0.3 is 0 Å². The molecule has 0 radical (unpaired) electrons. The number of nitrogens with zero attached hydrogens (tertiary/aromatic N) is 2. The molecule has 0 atom stereocenters. The van der Waals surface area contributed by atoms with E-state index in [1.54, 1.807) is 0 Å². The number of aromatic amines is 1. The van der Waals surface area contributed by atoms with E-state index in [-0.39, 0.29) is 11.7 Å². The highest BCUT2D eigenvalue weighted by atomic mass is 16.5. The van der Waals surface area contributed by atoms with E-state index in [4.69, 9.17) is 4.74 Å². The van der Waals surface area contributed by atoms with E-state index in [0.29, 0.717) is 19.8 Å². The second-order valence-corrected chi connectivity index (χ2v) is 2.29. The summed E-state index contributed by atoms with van der Waals surface area (Å²) in [5.74, 6) is -0.0475. The van der Waals surface area contributed by atoms with Crippen molar-refractivity contribution in [1.29, 1.82) is 0 Å². The van der Waals surface area contributed by atoms with Crippen LogP contribution in [-0.4, -0.2) is 40.8 Å². The third-order valence-electron chi connectivity index (χ3n) is 1.37. The molecule has 1 amide bonds. The lowest BCUT2D eigenvalue weighted by Gasteiger charge is -2.01. The molecule has 1 heterocycles. The molecule has 6 heteroatoms. The van der Waals surface area contributed by atoms with Crippen molar-refractivity contribution in [2.75, 3.05) is 19.8 Å². The van der Waals surface area contributed by atoms with Gasteiger partial charge < -0.3 is 10.1 Å². The number of H-pyrrole nitrogens is 1. The van der Waals surface area contributed by atoms with Gasteiger partial charge in [0.05, 0.1) is 6.61 Å². The summed E-state index contributed by atoms with van der Waals surface area (Å²) < 4.78 is 5.04. The van der Waals surface area contributed by atoms with Gasteiger partial charge in [0.1, 0.15) is 6.33 Å². The Labute approximate surface area is 75.7 Å². The Morgan fingerprint density at radius 2 is 2.62 bits per heavy atom. The van der Waals surface area contributed by atoms with Gasteiger partial charge in [-0.15, -0.1) is 0 Å². The van der Waals surface area contributed by atoms with Crippen molar-refractivity contribution in [2.45, 2.75) is 6.92 Å². The molecule has 0 saturated carbocycles. The summed E-state index contributed by atoms with van der Waals surface area (Å²) in [6, 6.07) is 0. The van der Waals surface area contributed by atoms with Gasteiger partial charge in [0.25, 0.3) is 5.91 Å². The Bertz CT molecular complexity index is 247. The van der Waals surface area contributed by atoms with E-state index in [1.165, 1.54) is 6.33 Å². The van der Waals surface area contributed by atoms with Gasteiger partial charge in [0.2, 0.25) is 5.82 Å². The fraction of sp³-hybridized carbons (Fsp3) is 0.571. The average Bonchev–Trinajstić information content (AvgIpc) is 2.65. The zero-order valence-corrected chi connectivity index (χ0v) is 7.41. The number of rotatable bonds is 5. The second kappa shape index (κ2) is 5.26. The molecule has 2 N–H and O–H groups in total. The molecular formula is C7H12N4O2. The molecule has 0 spiro atoms. The molecule has 0 unspecified atom stereocenters. The minimum Gasteiger partial charge on any atom is -0.380 e. The maximum Gasteiger partial charge on any atom is 0.288 e. The van der Waals surface area contributed by atoms with Crippen molar-refractivity contribution in [3.05, 3.63) is 12.2 Å². The van der Waals surface area contributed by atoms with E-state index in [0.717, 1.165) is 0 Å². The zero-order chi connectivity index (χ0) is 9.52. The van der Waals surface area contributed by atoms with Crippen LogP contribution in [0.15, 0.2) is 6.33 Å². The first-order valence-corrected chi connectivity index (χ1v) is 4.06. The van der Waals surface area contributed by atoms with Crippen molar-refractivity contribution < 1.29 is 9.53 Å². The predicted octanol–water partition coefficient (Wildman–Crippen LogP) is -0.429. The molecular weight excluding hydrogens is 172 g/mol. The molecule has 13 heavy (non-hydrogen) atoms. The summed E-state index contributed by atoms with van der Waals surface area (Å²) in [5, 5.41) is 8.65. The van der Waals surface area contributed by atoms with Crippen LogP contribution in [0.1, 0.15) is 17.5 Å². The van der Waals surface area contributed by atoms with E-state index in [9.17, 15) is 4.79 Å². The molecule has 1 aromatic heterocycles. The molecule has 0 fully saturated rings. The van der Waals surface area contributed by atoms with Gasteiger partial charge in [-0.3, -0.25) is 9.89 Å². The number of hydrogen-bond donors (Lipinski definition) is 2. The fourth-order valence-electron chi connectivity index (χ4n) is 0.780. The van der Waals surface area contributed by atoms with Gasteiger partial charge in [0, 0.05) is 13.2 Å². The number of nitrogens with one attached hydrogen (secondary N) is 2. The van der Waals surface area contributed by atoms with Crippen molar-refractivity contribution in [3.63, 3.8) is 0 Å². The standard InChI is InChI=1S/C7H12N4O2/c1-2-13-4-3-8-7(12)6-9-5-10-11-6/h5H,2-4H2,1H3,(H,8,12)(H,9,10,11). The Balaban J connectivity index is 2.19. The van der Waals surface area contributed by atoms with Crippen LogP contribution in [0.4, 0.5) is 0 Å². The highest BCUT2D eigenvalue weighted by molar-refractivity contribution is 5.90. The molecule has 0 aliphatic heterocycles. The quantitative estimate of drug-likeness (QED) is 0.608. The molecule has 0 aliphatic rings. The fourth-order valence-corrected chi connectivity index (χ4v) is 0.780. The smallest absolute Gasteiger partial charge is 0.288 e. The Morgan fingerprint density at radius 1 is 1.77 bits per heavy atom. The average molecular weight is 184 g/mol. The van der Waals surface area contributed by atoms with Gasteiger partial charge in [-0.25, -0.2) is 4.98 Å². The minimum absolute atomic E-state index is 0.219. The SMILES string of the molecule is CCOCCNC(=O)c1ncn[nH]1. The number of hydrogen-bond acceptors (Lipinski definition) is 4. The van der Waals surface area contributed by atoms with Gasteiger partial charge in [0.15, 0.2) is 0 Å². The van der Waals surface area contributed by atoms with Crippen molar-refractivity contribution >= 4 is 5.91 Å². The Morgan fingerprint density at radius 3 is 3.23 bits per heavy atom. The number of amides is 1. The van der Waals surface area contributed by atoms with Crippen molar-refractivity contribution in [2.24, 2.45) is 0 Å². The van der Waals surface area contributed by atoms with Crippen LogP contribution in [0, 0.1) is 0 Å². The van der Waals surface area contributed by atoms with Crippen LogP contribution >= 0.6 is 0 Å². The molecule has 0 saturated heterocycles. The van der Waals surface area contributed by atoms with Crippen molar-refractivity contribution in [3.8, 4) is 0 Å². The largest absolute Gasteiger partial charge is 0.380 e. The van der Waals surface area contributed by atoms with Crippen LogP contribution < -0.4 is 5.32 Å². The summed E-state index contributed by atoms with van der Waals surface area (Å²) in [5.41, 5.74) is 0. The highest BCUT2D eigenvalue weighted by Gasteiger charge is 2.06. The minimum atomic E-state index is -0.266. The second-order valence-electron chi connectivity index (χ2n) is 2.29. The summed E-state index contributed by atoms with van der Waals surface area (Å²) in [6.45, 7) is 3.54. The lowest BCUT2D eigenvalue weighted by atomic mass is 10.5. The summed E-state index contributed by atoms with van der Waals surface area (Å²) in [6.07, 6.45) is 1.29. The first kappa shape index (κ1) is 9.66. The van der Waals surface area contributed by atoms with Gasteiger partial charge in [-0.1, -0.05) is 0 Å². The maximum absolute atomic E-state index is 11.2. The predicted molar refractivity (Wildman–Crippen MR) is 45.2 cm³/mol. The molecule has 0 aliphatic carbocycles. The first-order chi connectivity index (χ1) is 6.34. The molecule has 6 nitrogen and oxygen atoms in total. The Hall–Kier alpha value is -1.43. The van der Waals surface area contributed by atoms with Crippen molar-refractivity contribution in [1.82, 2.24) is 20.5 Å². The molecule has 0 aromatic carbocycles. The first-order valence-electron chi connectivity index (χ1n) is 4.06. The Kier molecular flexibility index (Phi) is 3.90. The van der Waals surface area contributed by atoms with E-state index in [2.05, 4.69) is 20.5 Å². The summed E-state index contributed by atoms with van der Waals surface area (Å²) >= 11 is 0. The highest BCUT2D eigenvalue weighted by Crippen LogP contribution is 1.83. The van der Waals surface area contributed by atoms with Crippen LogP contribution in [0.2, 0.25) is 0 Å². The molecule has 0 bridgehead atoms. The summed E-state index contributed by atoms with van der Waals surface area (Å²) in [4.78, 5) is 14.9. The third kappa shape index (κ3) is 3.20. The van der Waals surface area contributed by atoms with E-state index >= 15 is 0 Å². The number of carbonyl (C=O) groups is 1. The normalized spacial score (nSPS) is 9.92. The van der Waals surface area contributed by atoms with E-state index in [1.807, 2.05) is 6.92 Å².